The Kier molecular flexibility index (Phi) is 2.01. The predicted molar refractivity (Wildman–Crippen MR) is 35.2 cm³/mol. The van der Waals surface area contributed by atoms with Gasteiger partial charge in [0.05, 0.1) is 5.88 Å². The van der Waals surface area contributed by atoms with Gasteiger partial charge in [-0.2, -0.15) is 0 Å². The van der Waals surface area contributed by atoms with Gasteiger partial charge in [0.2, 0.25) is 0 Å². The standard InChI is InChI=1S/C6H7ClO2/c7-3-6-2-1-5(8)4-9-6/h2,4,8H,1,3H2. The van der Waals surface area contributed by atoms with Gasteiger partial charge in [0, 0.05) is 6.42 Å². The molecule has 0 aromatic rings. The summed E-state index contributed by atoms with van der Waals surface area (Å²) in [4.78, 5) is 0. The first-order chi connectivity index (χ1) is 4.33. The zero-order chi connectivity index (χ0) is 6.69. The van der Waals surface area contributed by atoms with E-state index >= 15 is 0 Å². The van der Waals surface area contributed by atoms with Crippen molar-refractivity contribution < 1.29 is 9.84 Å². The molecule has 1 aliphatic rings. The summed E-state index contributed by atoms with van der Waals surface area (Å²) in [5.41, 5.74) is 0. The van der Waals surface area contributed by atoms with Crippen LogP contribution in [0.3, 0.4) is 0 Å². The molecule has 0 aliphatic carbocycles. The van der Waals surface area contributed by atoms with Crippen molar-refractivity contribution in [2.75, 3.05) is 5.88 Å². The van der Waals surface area contributed by atoms with Gasteiger partial charge >= 0.3 is 0 Å². The van der Waals surface area contributed by atoms with Crippen molar-refractivity contribution in [1.82, 2.24) is 0 Å². The van der Waals surface area contributed by atoms with Crippen molar-refractivity contribution >= 4 is 11.6 Å². The highest BCUT2D eigenvalue weighted by Crippen LogP contribution is 2.12. The SMILES string of the molecule is OC1=COC(CCl)=CC1. The highest BCUT2D eigenvalue weighted by molar-refractivity contribution is 6.19. The van der Waals surface area contributed by atoms with Crippen LogP contribution in [0.4, 0.5) is 0 Å². The smallest absolute Gasteiger partial charge is 0.131 e. The molecule has 0 spiro atoms. The van der Waals surface area contributed by atoms with Crippen LogP contribution in [0.1, 0.15) is 6.42 Å². The molecular weight excluding hydrogens is 140 g/mol. The normalized spacial score (nSPS) is 17.9. The molecule has 0 fully saturated rings. The molecule has 9 heavy (non-hydrogen) atoms. The van der Waals surface area contributed by atoms with Gasteiger partial charge in [0.15, 0.2) is 0 Å². The first kappa shape index (κ1) is 6.49. The van der Waals surface area contributed by atoms with Crippen LogP contribution in [0.5, 0.6) is 0 Å². The van der Waals surface area contributed by atoms with Gasteiger partial charge in [-0.25, -0.2) is 0 Å². The van der Waals surface area contributed by atoms with Crippen LogP contribution in [-0.4, -0.2) is 11.0 Å². The molecule has 1 N–H and O–H groups in total. The number of hydrogen-bond acceptors (Lipinski definition) is 2. The third-order valence-electron chi connectivity index (χ3n) is 1.02. The van der Waals surface area contributed by atoms with Gasteiger partial charge in [0.1, 0.15) is 17.8 Å². The lowest BCUT2D eigenvalue weighted by Crippen LogP contribution is -1.95. The summed E-state index contributed by atoms with van der Waals surface area (Å²) in [6.07, 6.45) is 3.59. The Morgan fingerprint density at radius 2 is 2.56 bits per heavy atom. The summed E-state index contributed by atoms with van der Waals surface area (Å²) in [6.45, 7) is 0. The Morgan fingerprint density at radius 1 is 1.78 bits per heavy atom. The largest absolute Gasteiger partial charge is 0.509 e. The molecule has 0 atom stereocenters. The van der Waals surface area contributed by atoms with Crippen LogP contribution in [0.25, 0.3) is 0 Å². The number of halogens is 1. The van der Waals surface area contributed by atoms with E-state index < -0.39 is 0 Å². The molecule has 50 valence electrons. The zero-order valence-corrected chi connectivity index (χ0v) is 5.56. The van der Waals surface area contributed by atoms with Crippen molar-refractivity contribution in [2.45, 2.75) is 6.42 Å². The van der Waals surface area contributed by atoms with Crippen molar-refractivity contribution in [3.63, 3.8) is 0 Å². The molecule has 0 radical (unpaired) electrons. The summed E-state index contributed by atoms with van der Waals surface area (Å²) >= 11 is 5.42. The lowest BCUT2D eigenvalue weighted by Gasteiger charge is -2.07. The third-order valence-corrected chi connectivity index (χ3v) is 1.28. The molecule has 1 rings (SSSR count). The molecule has 0 unspecified atom stereocenters. The maximum Gasteiger partial charge on any atom is 0.131 e. The second-order valence-electron chi connectivity index (χ2n) is 1.74. The second kappa shape index (κ2) is 2.78. The minimum atomic E-state index is 0.240. The fourth-order valence-electron chi connectivity index (χ4n) is 0.544. The van der Waals surface area contributed by atoms with Crippen molar-refractivity contribution in [3.05, 3.63) is 23.9 Å². The van der Waals surface area contributed by atoms with Crippen LogP contribution in [0.2, 0.25) is 0 Å². The Balaban J connectivity index is 2.48. The molecule has 0 bridgehead atoms. The maximum atomic E-state index is 8.77. The van der Waals surface area contributed by atoms with E-state index in [-0.39, 0.29) is 5.76 Å². The first-order valence-electron chi connectivity index (χ1n) is 2.62. The van der Waals surface area contributed by atoms with E-state index in [9.17, 15) is 0 Å². The van der Waals surface area contributed by atoms with Crippen LogP contribution < -0.4 is 0 Å². The molecule has 0 aromatic heterocycles. The van der Waals surface area contributed by atoms with Gasteiger partial charge in [-0.05, 0) is 6.08 Å². The summed E-state index contributed by atoms with van der Waals surface area (Å²) < 4.78 is 4.86. The third kappa shape index (κ3) is 1.64. The highest BCUT2D eigenvalue weighted by atomic mass is 35.5. The van der Waals surface area contributed by atoms with Gasteiger partial charge in [-0.15, -0.1) is 11.6 Å². The number of ether oxygens (including phenoxy) is 1. The van der Waals surface area contributed by atoms with E-state index in [0.29, 0.717) is 18.1 Å². The monoisotopic (exact) mass is 146 g/mol. The Morgan fingerprint density at radius 3 is 3.00 bits per heavy atom. The Hall–Kier alpha value is -0.630. The molecule has 1 heterocycles. The molecule has 0 saturated carbocycles. The van der Waals surface area contributed by atoms with Crippen LogP contribution >= 0.6 is 11.6 Å². The van der Waals surface area contributed by atoms with Crippen molar-refractivity contribution in [1.29, 1.82) is 0 Å². The Labute approximate surface area is 58.4 Å². The average Bonchev–Trinajstić information content (AvgIpc) is 1.90. The molecule has 0 saturated heterocycles. The summed E-state index contributed by atoms with van der Waals surface area (Å²) in [6, 6.07) is 0. The van der Waals surface area contributed by atoms with Gasteiger partial charge in [-0.1, -0.05) is 0 Å². The van der Waals surface area contributed by atoms with Gasteiger partial charge in [-0.3, -0.25) is 0 Å². The van der Waals surface area contributed by atoms with Crippen LogP contribution in [-0.2, 0) is 4.74 Å². The average molecular weight is 147 g/mol. The minimum absolute atomic E-state index is 0.240. The second-order valence-corrected chi connectivity index (χ2v) is 2.00. The number of rotatable bonds is 1. The molecule has 3 heteroatoms. The fourth-order valence-corrected chi connectivity index (χ4v) is 0.716. The van der Waals surface area contributed by atoms with E-state index in [4.69, 9.17) is 21.4 Å². The first-order valence-corrected chi connectivity index (χ1v) is 3.16. The lowest BCUT2D eigenvalue weighted by atomic mass is 10.3. The number of hydrogen-bond donors (Lipinski definition) is 1. The minimum Gasteiger partial charge on any atom is -0.509 e. The van der Waals surface area contributed by atoms with E-state index in [1.54, 1.807) is 6.08 Å². The van der Waals surface area contributed by atoms with Crippen molar-refractivity contribution in [2.24, 2.45) is 0 Å². The molecule has 0 aromatic carbocycles. The Bertz CT molecular complexity index is 160. The van der Waals surface area contributed by atoms with E-state index in [2.05, 4.69) is 0 Å². The highest BCUT2D eigenvalue weighted by Gasteiger charge is 2.02. The van der Waals surface area contributed by atoms with Gasteiger partial charge < -0.3 is 9.84 Å². The number of alkyl halides is 1. The number of aliphatic hydroxyl groups excluding tert-OH is 1. The summed E-state index contributed by atoms with van der Waals surface area (Å²) in [7, 11) is 0. The van der Waals surface area contributed by atoms with Crippen LogP contribution in [0, 0.1) is 0 Å². The zero-order valence-electron chi connectivity index (χ0n) is 4.80. The molecule has 1 aliphatic heterocycles. The lowest BCUT2D eigenvalue weighted by molar-refractivity contribution is 0.289. The maximum absolute atomic E-state index is 8.77. The summed E-state index contributed by atoms with van der Waals surface area (Å²) in [5, 5.41) is 8.77. The number of allylic oxidation sites excluding steroid dienone is 2. The predicted octanol–water partition coefficient (Wildman–Crippen LogP) is 1.93. The molecule has 0 amide bonds. The number of aliphatic hydroxyl groups is 1. The topological polar surface area (TPSA) is 29.5 Å². The molecule has 2 nitrogen and oxygen atoms in total. The summed E-state index contributed by atoms with van der Waals surface area (Å²) in [5.74, 6) is 1.31. The van der Waals surface area contributed by atoms with E-state index in [0.717, 1.165) is 0 Å². The van der Waals surface area contributed by atoms with Crippen LogP contribution in [0.15, 0.2) is 23.9 Å². The quantitative estimate of drug-likeness (QED) is 0.573. The van der Waals surface area contributed by atoms with Gasteiger partial charge in [0.25, 0.3) is 0 Å². The van der Waals surface area contributed by atoms with E-state index in [1.165, 1.54) is 6.26 Å². The molecular formula is C6H7ClO2. The fraction of sp³-hybridized carbons (Fsp3) is 0.333. The van der Waals surface area contributed by atoms with E-state index in [1.807, 2.05) is 0 Å². The van der Waals surface area contributed by atoms with Crippen molar-refractivity contribution in [3.8, 4) is 0 Å².